The van der Waals surface area contributed by atoms with E-state index in [0.29, 0.717) is 38.0 Å². The molecule has 1 aromatic heterocycles. The number of carbonyl (C=O) groups excluding carboxylic acids is 2. The summed E-state index contributed by atoms with van der Waals surface area (Å²) in [7, 11) is -4.12. The maximum atomic E-state index is 13.3. The number of anilines is 1. The van der Waals surface area contributed by atoms with Crippen LogP contribution in [0.2, 0.25) is 0 Å². The standard InChI is InChI=1S/C31H38N6O5S/c1-4-7-24(32)29(39)37-14-12-31(13-15-37)18-33-28(38)22-10-6-11-23(16-22)43(40,41)36-30-34-25(17-26(35-30)42-19-31)27-20(2)8-5-9-21(27)3/h5-6,8-11,16-17,24H,4,7,12-15,18-19,32H2,1-3H3,(H,33,38)(H,34,35,36)/t24-/m0/s1. The van der Waals surface area contributed by atoms with Crippen molar-refractivity contribution in [2.24, 2.45) is 11.1 Å². The Kier molecular flexibility index (Phi) is 8.70. The number of carbonyl (C=O) groups is 2. The first kappa shape index (κ1) is 30.4. The van der Waals surface area contributed by atoms with E-state index in [-0.39, 0.29) is 41.3 Å². The molecule has 3 heterocycles. The third-order valence-electron chi connectivity index (χ3n) is 8.27. The van der Waals surface area contributed by atoms with Gasteiger partial charge >= 0.3 is 0 Å². The Morgan fingerprint density at radius 2 is 1.79 bits per heavy atom. The van der Waals surface area contributed by atoms with Crippen LogP contribution in [0.15, 0.2) is 53.4 Å². The van der Waals surface area contributed by atoms with Crippen molar-refractivity contribution in [3.05, 3.63) is 65.2 Å². The summed E-state index contributed by atoms with van der Waals surface area (Å²) in [4.78, 5) is 36.8. The van der Waals surface area contributed by atoms with E-state index < -0.39 is 27.4 Å². The largest absolute Gasteiger partial charge is 0.477 e. The Morgan fingerprint density at radius 3 is 2.49 bits per heavy atom. The first-order chi connectivity index (χ1) is 20.5. The Balaban J connectivity index is 1.53. The second kappa shape index (κ2) is 12.3. The molecule has 0 saturated carbocycles. The number of benzene rings is 2. The van der Waals surface area contributed by atoms with Crippen molar-refractivity contribution in [2.45, 2.75) is 57.4 Å². The normalized spacial score (nSPS) is 18.5. The third kappa shape index (κ3) is 6.65. The molecule has 0 aliphatic carbocycles. The molecule has 4 bridgehead atoms. The first-order valence-corrected chi connectivity index (χ1v) is 16.0. The number of fused-ring (bicyclic) bond motifs is 4. The lowest BCUT2D eigenvalue weighted by Crippen LogP contribution is -2.53. The zero-order valence-corrected chi connectivity index (χ0v) is 25.5. The van der Waals surface area contributed by atoms with E-state index in [2.05, 4.69) is 20.0 Å². The topological polar surface area (TPSA) is 157 Å². The summed E-state index contributed by atoms with van der Waals surface area (Å²) in [5.74, 6) is -0.402. The summed E-state index contributed by atoms with van der Waals surface area (Å²) >= 11 is 0. The molecular formula is C31H38N6O5S. The van der Waals surface area contributed by atoms with Crippen molar-refractivity contribution < 1.29 is 22.7 Å². The highest BCUT2D eigenvalue weighted by Gasteiger charge is 2.38. The average Bonchev–Trinajstić information content (AvgIpc) is 2.98. The number of rotatable bonds is 4. The molecular weight excluding hydrogens is 568 g/mol. The van der Waals surface area contributed by atoms with Crippen LogP contribution >= 0.6 is 0 Å². The molecule has 2 aromatic carbocycles. The number of aryl methyl sites for hydroxylation is 2. The van der Waals surface area contributed by atoms with E-state index in [1.54, 1.807) is 17.0 Å². The van der Waals surface area contributed by atoms with Crippen LogP contribution in [0.4, 0.5) is 5.95 Å². The van der Waals surface area contributed by atoms with Crippen LogP contribution < -0.4 is 20.5 Å². The second-order valence-corrected chi connectivity index (χ2v) is 13.2. The number of nitrogens with zero attached hydrogens (tertiary/aromatic N) is 3. The van der Waals surface area contributed by atoms with E-state index in [1.165, 1.54) is 18.2 Å². The van der Waals surface area contributed by atoms with Crippen molar-refractivity contribution in [1.29, 1.82) is 0 Å². The van der Waals surface area contributed by atoms with E-state index in [0.717, 1.165) is 23.1 Å². The lowest BCUT2D eigenvalue weighted by atomic mass is 9.78. The van der Waals surface area contributed by atoms with Crippen LogP contribution in [-0.4, -0.2) is 67.4 Å². The van der Waals surface area contributed by atoms with Gasteiger partial charge in [0.2, 0.25) is 17.7 Å². The molecule has 1 saturated heterocycles. The van der Waals surface area contributed by atoms with Crippen LogP contribution in [0.1, 0.15) is 54.1 Å². The van der Waals surface area contributed by atoms with Crippen LogP contribution in [0.25, 0.3) is 11.3 Å². The number of aromatic nitrogens is 2. The molecule has 5 rings (SSSR count). The zero-order valence-electron chi connectivity index (χ0n) is 24.7. The fourth-order valence-electron chi connectivity index (χ4n) is 5.71. The van der Waals surface area contributed by atoms with E-state index >= 15 is 0 Å². The quantitative estimate of drug-likeness (QED) is 0.408. The molecule has 1 spiro atoms. The molecule has 2 aliphatic rings. The molecule has 0 unspecified atom stereocenters. The Morgan fingerprint density at radius 1 is 1.09 bits per heavy atom. The molecule has 3 aromatic rings. The van der Waals surface area contributed by atoms with Gasteiger partial charge in [-0.15, -0.1) is 0 Å². The lowest BCUT2D eigenvalue weighted by molar-refractivity contribution is -0.135. The highest BCUT2D eigenvalue weighted by Crippen LogP contribution is 2.34. The summed E-state index contributed by atoms with van der Waals surface area (Å²) in [5, 5.41) is 2.98. The number of piperidine rings is 1. The number of amides is 2. The molecule has 43 heavy (non-hydrogen) atoms. The van der Waals surface area contributed by atoms with Crippen LogP contribution in [0.3, 0.4) is 0 Å². The third-order valence-corrected chi connectivity index (χ3v) is 9.60. The highest BCUT2D eigenvalue weighted by molar-refractivity contribution is 7.92. The first-order valence-electron chi connectivity index (χ1n) is 14.5. The molecule has 1 fully saturated rings. The lowest BCUT2D eigenvalue weighted by Gasteiger charge is -2.42. The van der Waals surface area contributed by atoms with Crippen molar-refractivity contribution in [3.8, 4) is 17.1 Å². The van der Waals surface area contributed by atoms with E-state index in [9.17, 15) is 18.0 Å². The number of ether oxygens (including phenoxy) is 1. The van der Waals surface area contributed by atoms with Gasteiger partial charge in [-0.3, -0.25) is 9.59 Å². The van der Waals surface area contributed by atoms with Gasteiger partial charge in [0, 0.05) is 42.2 Å². The predicted molar refractivity (Wildman–Crippen MR) is 163 cm³/mol. The molecule has 0 radical (unpaired) electrons. The smallest absolute Gasteiger partial charge is 0.264 e. The fourth-order valence-corrected chi connectivity index (χ4v) is 6.70. The molecule has 11 nitrogen and oxygen atoms in total. The zero-order chi connectivity index (χ0) is 30.8. The molecule has 2 aliphatic heterocycles. The molecule has 12 heteroatoms. The van der Waals surface area contributed by atoms with E-state index in [4.69, 9.17) is 10.5 Å². The fraction of sp³-hybridized carbons (Fsp3) is 0.419. The van der Waals surface area contributed by atoms with Gasteiger partial charge in [0.15, 0.2) is 0 Å². The van der Waals surface area contributed by atoms with Gasteiger partial charge in [0.05, 0.1) is 23.2 Å². The summed E-state index contributed by atoms with van der Waals surface area (Å²) in [6.07, 6.45) is 2.60. The summed E-state index contributed by atoms with van der Waals surface area (Å²) in [6.45, 7) is 7.34. The van der Waals surface area contributed by atoms with Crippen molar-refractivity contribution in [1.82, 2.24) is 20.2 Å². The van der Waals surface area contributed by atoms with Gasteiger partial charge in [-0.05, 0) is 62.4 Å². The predicted octanol–water partition coefficient (Wildman–Crippen LogP) is 3.42. The van der Waals surface area contributed by atoms with Gasteiger partial charge in [-0.2, -0.15) is 4.98 Å². The molecule has 4 N–H and O–H groups in total. The summed E-state index contributed by atoms with van der Waals surface area (Å²) in [6, 6.07) is 12.9. The van der Waals surface area contributed by atoms with E-state index in [1.807, 2.05) is 39.0 Å². The van der Waals surface area contributed by atoms with Gasteiger partial charge in [0.25, 0.3) is 15.9 Å². The number of sulfonamides is 1. The minimum absolute atomic E-state index is 0.0645. The van der Waals surface area contributed by atoms with Crippen molar-refractivity contribution in [2.75, 3.05) is 31.0 Å². The maximum absolute atomic E-state index is 13.3. The molecule has 228 valence electrons. The average molecular weight is 607 g/mol. The Labute approximate surface area is 252 Å². The van der Waals surface area contributed by atoms with Gasteiger partial charge in [-0.1, -0.05) is 37.6 Å². The Hall–Kier alpha value is -4.03. The van der Waals surface area contributed by atoms with Crippen molar-refractivity contribution >= 4 is 27.8 Å². The van der Waals surface area contributed by atoms with Crippen molar-refractivity contribution in [3.63, 3.8) is 0 Å². The number of nitrogens with two attached hydrogens (primary N) is 1. The molecule has 2 amide bonds. The highest BCUT2D eigenvalue weighted by atomic mass is 32.2. The number of hydrogen-bond donors (Lipinski definition) is 3. The van der Waals surface area contributed by atoms with Crippen LogP contribution in [0, 0.1) is 19.3 Å². The second-order valence-electron chi connectivity index (χ2n) is 11.5. The number of nitrogens with one attached hydrogen (secondary N) is 2. The SMILES string of the molecule is CCC[C@H](N)C(=O)N1CCC2(CC1)CNC(=O)c1cccc(c1)S(=O)(=O)Nc1nc(cc(-c3c(C)cccc3C)n1)OC2. The Bertz CT molecular complexity index is 1620. The van der Waals surface area contributed by atoms with Gasteiger partial charge in [0.1, 0.15) is 0 Å². The molecule has 1 atom stereocenters. The van der Waals surface area contributed by atoms with Gasteiger partial charge < -0.3 is 20.7 Å². The van der Waals surface area contributed by atoms with Crippen LogP contribution in [0.5, 0.6) is 5.88 Å². The van der Waals surface area contributed by atoms with Crippen LogP contribution in [-0.2, 0) is 14.8 Å². The minimum atomic E-state index is -4.12. The summed E-state index contributed by atoms with van der Waals surface area (Å²) < 4.78 is 35.5. The summed E-state index contributed by atoms with van der Waals surface area (Å²) in [5.41, 5.74) is 9.14. The van der Waals surface area contributed by atoms with Gasteiger partial charge in [-0.25, -0.2) is 18.1 Å². The minimum Gasteiger partial charge on any atom is -0.477 e. The maximum Gasteiger partial charge on any atom is 0.264 e. The number of likely N-dealkylation sites (tertiary alicyclic amines) is 1. The monoisotopic (exact) mass is 606 g/mol. The number of hydrogen-bond acceptors (Lipinski definition) is 8.